The van der Waals surface area contributed by atoms with Crippen LogP contribution in [0.25, 0.3) is 0 Å². The molecule has 29 heavy (non-hydrogen) atoms. The van der Waals surface area contributed by atoms with Crippen LogP contribution < -0.4 is 16.0 Å². The van der Waals surface area contributed by atoms with Gasteiger partial charge in [0.1, 0.15) is 11.6 Å². The van der Waals surface area contributed by atoms with Crippen LogP contribution >= 0.6 is 0 Å². The molecule has 0 bridgehead atoms. The van der Waals surface area contributed by atoms with Gasteiger partial charge >= 0.3 is 6.18 Å². The molecular formula is C19H27F3N6O. The highest BCUT2D eigenvalue weighted by atomic mass is 19.4. The lowest BCUT2D eigenvalue weighted by Gasteiger charge is -2.15. The molecule has 0 unspecified atom stereocenters. The summed E-state index contributed by atoms with van der Waals surface area (Å²) in [6, 6.07) is 2.27. The van der Waals surface area contributed by atoms with Crippen molar-refractivity contribution in [1.82, 2.24) is 20.8 Å². The van der Waals surface area contributed by atoms with Gasteiger partial charge in [-0.05, 0) is 25.5 Å². The summed E-state index contributed by atoms with van der Waals surface area (Å²) < 4.78 is 44.4. The molecule has 3 N–H and O–H groups in total. The Balaban J connectivity index is 1.95. The third kappa shape index (κ3) is 6.37. The summed E-state index contributed by atoms with van der Waals surface area (Å²) in [7, 11) is 0. The number of aliphatic imine (C=N–C) groups is 1. The highest BCUT2D eigenvalue weighted by molar-refractivity contribution is 5.79. The number of guanidine groups is 1. The predicted octanol–water partition coefficient (Wildman–Crippen LogP) is 3.38. The molecule has 0 aromatic carbocycles. The van der Waals surface area contributed by atoms with Crippen molar-refractivity contribution in [2.45, 2.75) is 46.3 Å². The standard InChI is InChI=1S/C19H27F3N6O/c1-4-15-13(16(5-2)29-28-15)12-27-18(23-6-3)26-11-10-25-17-14(19(20,21)22)8-7-9-24-17/h7-9H,4-6,10-12H2,1-3H3,(H,24,25)(H2,23,26,27). The van der Waals surface area contributed by atoms with E-state index in [0.29, 0.717) is 25.6 Å². The molecule has 0 amide bonds. The number of anilines is 1. The first kappa shape index (κ1) is 22.5. The molecule has 0 saturated heterocycles. The first-order valence-corrected chi connectivity index (χ1v) is 9.65. The number of alkyl halides is 3. The Kier molecular flexibility index (Phi) is 8.29. The summed E-state index contributed by atoms with van der Waals surface area (Å²) in [5.41, 5.74) is 1.08. The van der Waals surface area contributed by atoms with Gasteiger partial charge in [-0.2, -0.15) is 13.2 Å². The average molecular weight is 412 g/mol. The molecule has 2 rings (SSSR count). The minimum absolute atomic E-state index is 0.187. The predicted molar refractivity (Wildman–Crippen MR) is 106 cm³/mol. The van der Waals surface area contributed by atoms with Gasteiger partial charge in [0.15, 0.2) is 5.96 Å². The summed E-state index contributed by atoms with van der Waals surface area (Å²) >= 11 is 0. The molecule has 0 saturated carbocycles. The molecule has 0 aliphatic rings. The Morgan fingerprint density at radius 1 is 1.14 bits per heavy atom. The lowest BCUT2D eigenvalue weighted by atomic mass is 10.1. The van der Waals surface area contributed by atoms with E-state index >= 15 is 0 Å². The second kappa shape index (κ2) is 10.7. The average Bonchev–Trinajstić information content (AvgIpc) is 3.10. The molecule has 2 heterocycles. The number of aromatic nitrogens is 2. The van der Waals surface area contributed by atoms with Crippen molar-refractivity contribution in [2.24, 2.45) is 4.99 Å². The van der Waals surface area contributed by atoms with Gasteiger partial charge in [0.05, 0.1) is 17.8 Å². The number of hydrogen-bond donors (Lipinski definition) is 3. The van der Waals surface area contributed by atoms with Gasteiger partial charge in [-0.1, -0.05) is 19.0 Å². The summed E-state index contributed by atoms with van der Waals surface area (Å²) in [6.45, 7) is 7.62. The van der Waals surface area contributed by atoms with E-state index < -0.39 is 11.7 Å². The number of nitrogens with zero attached hydrogens (tertiary/aromatic N) is 3. The highest BCUT2D eigenvalue weighted by Gasteiger charge is 2.33. The minimum Gasteiger partial charge on any atom is -0.368 e. The van der Waals surface area contributed by atoms with E-state index in [4.69, 9.17) is 4.52 Å². The van der Waals surface area contributed by atoms with Gasteiger partial charge in [0.25, 0.3) is 0 Å². The second-order valence-electron chi connectivity index (χ2n) is 6.18. The number of halogens is 3. The SMILES string of the molecule is CCNC(=NCc1c(CC)noc1CC)NCCNc1ncccc1C(F)(F)F. The van der Waals surface area contributed by atoms with E-state index in [2.05, 4.69) is 31.1 Å². The molecule has 0 spiro atoms. The van der Waals surface area contributed by atoms with Crippen molar-refractivity contribution in [1.29, 1.82) is 0 Å². The third-order valence-corrected chi connectivity index (χ3v) is 4.17. The van der Waals surface area contributed by atoms with Crippen LogP contribution in [-0.4, -0.2) is 35.7 Å². The minimum atomic E-state index is -4.45. The maximum atomic E-state index is 13.0. The van der Waals surface area contributed by atoms with Crippen LogP contribution in [0, 0.1) is 0 Å². The Morgan fingerprint density at radius 3 is 2.59 bits per heavy atom. The van der Waals surface area contributed by atoms with Crippen LogP contribution in [0.15, 0.2) is 27.8 Å². The summed E-state index contributed by atoms with van der Waals surface area (Å²) in [5, 5.41) is 13.0. The van der Waals surface area contributed by atoms with Gasteiger partial charge in [0.2, 0.25) is 0 Å². The van der Waals surface area contributed by atoms with E-state index in [-0.39, 0.29) is 12.4 Å². The monoisotopic (exact) mass is 412 g/mol. The molecule has 10 heteroatoms. The fraction of sp³-hybridized carbons (Fsp3) is 0.526. The molecule has 0 radical (unpaired) electrons. The third-order valence-electron chi connectivity index (χ3n) is 4.17. The van der Waals surface area contributed by atoms with Crippen LogP contribution in [0.1, 0.15) is 43.4 Å². The molecule has 0 atom stereocenters. The summed E-state index contributed by atoms with van der Waals surface area (Å²) in [4.78, 5) is 8.33. The van der Waals surface area contributed by atoms with Crippen molar-refractivity contribution in [3.05, 3.63) is 40.9 Å². The fourth-order valence-electron chi connectivity index (χ4n) is 2.75. The van der Waals surface area contributed by atoms with Gasteiger partial charge < -0.3 is 20.5 Å². The van der Waals surface area contributed by atoms with Gasteiger partial charge in [-0.15, -0.1) is 0 Å². The molecular weight excluding hydrogens is 385 g/mol. The van der Waals surface area contributed by atoms with Crippen LogP contribution in [0.3, 0.4) is 0 Å². The summed E-state index contributed by atoms with van der Waals surface area (Å²) in [5.74, 6) is 1.20. The Hall–Kier alpha value is -2.78. The lowest BCUT2D eigenvalue weighted by Crippen LogP contribution is -2.39. The lowest BCUT2D eigenvalue weighted by molar-refractivity contribution is -0.137. The number of rotatable bonds is 9. The normalized spacial score (nSPS) is 12.1. The van der Waals surface area contributed by atoms with E-state index in [1.807, 2.05) is 20.8 Å². The zero-order valence-electron chi connectivity index (χ0n) is 16.9. The van der Waals surface area contributed by atoms with E-state index in [9.17, 15) is 13.2 Å². The van der Waals surface area contributed by atoms with Crippen molar-refractivity contribution < 1.29 is 17.7 Å². The zero-order valence-corrected chi connectivity index (χ0v) is 16.9. The van der Waals surface area contributed by atoms with Crippen LogP contribution in [0.5, 0.6) is 0 Å². The van der Waals surface area contributed by atoms with E-state index in [1.54, 1.807) is 0 Å². The second-order valence-corrected chi connectivity index (χ2v) is 6.18. The molecule has 7 nitrogen and oxygen atoms in total. The zero-order chi connectivity index (χ0) is 21.3. The Morgan fingerprint density at radius 2 is 1.93 bits per heavy atom. The summed E-state index contributed by atoms with van der Waals surface area (Å²) in [6.07, 6.45) is -1.63. The van der Waals surface area contributed by atoms with Gasteiger partial charge in [0, 0.05) is 37.8 Å². The van der Waals surface area contributed by atoms with Crippen LogP contribution in [0.4, 0.5) is 19.0 Å². The number of nitrogens with one attached hydrogen (secondary N) is 3. The molecule has 160 valence electrons. The topological polar surface area (TPSA) is 87.4 Å². The smallest absolute Gasteiger partial charge is 0.368 e. The highest BCUT2D eigenvalue weighted by Crippen LogP contribution is 2.33. The first-order valence-electron chi connectivity index (χ1n) is 9.65. The van der Waals surface area contributed by atoms with Gasteiger partial charge in [-0.3, -0.25) is 0 Å². The van der Waals surface area contributed by atoms with E-state index in [0.717, 1.165) is 35.9 Å². The van der Waals surface area contributed by atoms with Crippen LogP contribution in [0.2, 0.25) is 0 Å². The number of pyridine rings is 1. The molecule has 0 aliphatic carbocycles. The van der Waals surface area contributed by atoms with Crippen molar-refractivity contribution >= 4 is 11.8 Å². The maximum Gasteiger partial charge on any atom is 0.419 e. The molecule has 0 aliphatic heterocycles. The Bertz CT molecular complexity index is 782. The van der Waals surface area contributed by atoms with E-state index in [1.165, 1.54) is 12.3 Å². The Labute approximate surface area is 168 Å². The van der Waals surface area contributed by atoms with Gasteiger partial charge in [-0.25, -0.2) is 9.98 Å². The van der Waals surface area contributed by atoms with Crippen molar-refractivity contribution in [2.75, 3.05) is 25.0 Å². The number of hydrogen-bond acceptors (Lipinski definition) is 5. The number of aryl methyl sites for hydroxylation is 2. The largest absolute Gasteiger partial charge is 0.419 e. The van der Waals surface area contributed by atoms with Crippen molar-refractivity contribution in [3.8, 4) is 0 Å². The quantitative estimate of drug-likeness (QED) is 0.333. The molecule has 2 aromatic rings. The maximum absolute atomic E-state index is 13.0. The molecule has 0 fully saturated rings. The fourth-order valence-corrected chi connectivity index (χ4v) is 2.75. The van der Waals surface area contributed by atoms with Crippen molar-refractivity contribution in [3.63, 3.8) is 0 Å². The van der Waals surface area contributed by atoms with Crippen LogP contribution in [-0.2, 0) is 25.6 Å². The molecule has 2 aromatic heterocycles. The first-order chi connectivity index (χ1) is 13.9.